The number of carbonyl (C=O) groups is 4. The molecule has 0 saturated heterocycles. The first-order valence-electron chi connectivity index (χ1n) is 8.10. The van der Waals surface area contributed by atoms with E-state index in [-0.39, 0.29) is 19.8 Å². The van der Waals surface area contributed by atoms with Gasteiger partial charge in [0.1, 0.15) is 0 Å². The Balaban J connectivity index is 5.42. The minimum Gasteiger partial charge on any atom is -0.466 e. The largest absolute Gasteiger partial charge is 0.509 e. The summed E-state index contributed by atoms with van der Waals surface area (Å²) in [5, 5.41) is 0. The predicted molar refractivity (Wildman–Crippen MR) is 84.6 cm³/mol. The van der Waals surface area contributed by atoms with E-state index in [0.29, 0.717) is 6.42 Å². The van der Waals surface area contributed by atoms with Crippen LogP contribution in [0.4, 0.5) is 4.79 Å². The van der Waals surface area contributed by atoms with Crippen LogP contribution in [0.2, 0.25) is 0 Å². The molecule has 0 heterocycles. The van der Waals surface area contributed by atoms with Gasteiger partial charge in [-0.05, 0) is 20.3 Å². The van der Waals surface area contributed by atoms with Gasteiger partial charge in [0.25, 0.3) is 0 Å². The maximum Gasteiger partial charge on any atom is 0.509 e. The second-order valence-electron chi connectivity index (χ2n) is 5.00. The van der Waals surface area contributed by atoms with E-state index in [1.807, 2.05) is 6.92 Å². The molecule has 0 unspecified atom stereocenters. The molecule has 0 saturated carbocycles. The van der Waals surface area contributed by atoms with E-state index < -0.39 is 42.5 Å². The van der Waals surface area contributed by atoms with Gasteiger partial charge in [-0.1, -0.05) is 13.3 Å². The van der Waals surface area contributed by atoms with Crippen molar-refractivity contribution in [2.24, 2.45) is 0 Å². The molecular weight excluding hydrogens is 336 g/mol. The van der Waals surface area contributed by atoms with Crippen molar-refractivity contribution < 1.29 is 42.9 Å². The molecule has 144 valence electrons. The summed E-state index contributed by atoms with van der Waals surface area (Å²) < 4.78 is 24.1. The Kier molecular flexibility index (Phi) is 11.0. The van der Waals surface area contributed by atoms with Gasteiger partial charge in [-0.15, -0.1) is 0 Å². The minimum atomic E-state index is -2.21. The SMILES string of the molecule is CCCCOC(=O)OC(CC(=O)OCC)(CC(=O)OCC)C(=O)OC. The molecule has 0 aromatic heterocycles. The number of hydrogen-bond acceptors (Lipinski definition) is 9. The molecule has 0 rings (SSSR count). The Hall–Kier alpha value is -2.32. The molecule has 0 aliphatic carbocycles. The van der Waals surface area contributed by atoms with Crippen molar-refractivity contribution in [1.29, 1.82) is 0 Å². The van der Waals surface area contributed by atoms with E-state index in [0.717, 1.165) is 13.5 Å². The fourth-order valence-corrected chi connectivity index (χ4v) is 1.89. The highest BCUT2D eigenvalue weighted by molar-refractivity contribution is 5.91. The molecule has 0 aliphatic heterocycles. The van der Waals surface area contributed by atoms with Crippen molar-refractivity contribution in [2.75, 3.05) is 26.9 Å². The molecule has 0 aromatic rings. The number of carbonyl (C=O) groups excluding carboxylic acids is 4. The summed E-state index contributed by atoms with van der Waals surface area (Å²) in [5.74, 6) is -2.75. The van der Waals surface area contributed by atoms with Crippen molar-refractivity contribution in [2.45, 2.75) is 52.1 Å². The Morgan fingerprint density at radius 1 is 0.840 bits per heavy atom. The first-order valence-corrected chi connectivity index (χ1v) is 8.10. The van der Waals surface area contributed by atoms with Crippen LogP contribution in [0.25, 0.3) is 0 Å². The molecule has 0 bridgehead atoms. The summed E-state index contributed by atoms with van der Waals surface area (Å²) in [6.45, 7) is 5.22. The quantitative estimate of drug-likeness (QED) is 0.308. The molecule has 9 nitrogen and oxygen atoms in total. The lowest BCUT2D eigenvalue weighted by Gasteiger charge is -2.28. The van der Waals surface area contributed by atoms with Crippen LogP contribution >= 0.6 is 0 Å². The number of ether oxygens (including phenoxy) is 5. The average molecular weight is 362 g/mol. The monoisotopic (exact) mass is 362 g/mol. The fraction of sp³-hybridized carbons (Fsp3) is 0.750. The standard InChI is InChI=1S/C16H26O9/c1-5-8-9-24-15(20)25-16(14(19)21-4,10-12(17)22-6-2)11-13(18)23-7-3/h5-11H2,1-4H3. The first-order chi connectivity index (χ1) is 11.8. The highest BCUT2D eigenvalue weighted by atomic mass is 16.7. The van der Waals surface area contributed by atoms with E-state index >= 15 is 0 Å². The molecule has 0 radical (unpaired) electrons. The van der Waals surface area contributed by atoms with Gasteiger partial charge in [0, 0.05) is 0 Å². The number of methoxy groups -OCH3 is 1. The zero-order valence-corrected chi connectivity index (χ0v) is 15.1. The summed E-state index contributed by atoms with van der Waals surface area (Å²) in [4.78, 5) is 47.8. The third kappa shape index (κ3) is 8.37. The van der Waals surface area contributed by atoms with E-state index in [1.54, 1.807) is 13.8 Å². The van der Waals surface area contributed by atoms with Crippen LogP contribution in [0, 0.1) is 0 Å². The molecule has 0 spiro atoms. The fourth-order valence-electron chi connectivity index (χ4n) is 1.89. The highest BCUT2D eigenvalue weighted by Crippen LogP contribution is 2.25. The van der Waals surface area contributed by atoms with Gasteiger partial charge in [-0.25, -0.2) is 9.59 Å². The van der Waals surface area contributed by atoms with Crippen molar-refractivity contribution >= 4 is 24.1 Å². The summed E-state index contributed by atoms with van der Waals surface area (Å²) >= 11 is 0. The minimum absolute atomic E-state index is 0.0520. The lowest BCUT2D eigenvalue weighted by molar-refractivity contribution is -0.178. The Morgan fingerprint density at radius 2 is 1.36 bits per heavy atom. The third-order valence-electron chi connectivity index (χ3n) is 3.02. The Morgan fingerprint density at radius 3 is 1.76 bits per heavy atom. The van der Waals surface area contributed by atoms with Crippen molar-refractivity contribution in [3.05, 3.63) is 0 Å². The average Bonchev–Trinajstić information content (AvgIpc) is 2.54. The lowest BCUT2D eigenvalue weighted by atomic mass is 9.95. The van der Waals surface area contributed by atoms with E-state index in [2.05, 4.69) is 4.74 Å². The zero-order valence-electron chi connectivity index (χ0n) is 15.1. The van der Waals surface area contributed by atoms with Crippen LogP contribution in [-0.4, -0.2) is 56.6 Å². The Bertz CT molecular complexity index is 439. The van der Waals surface area contributed by atoms with Gasteiger partial charge in [0.15, 0.2) is 0 Å². The highest BCUT2D eigenvalue weighted by Gasteiger charge is 2.49. The maximum atomic E-state index is 12.2. The predicted octanol–water partition coefficient (Wildman–Crippen LogP) is 1.76. The molecule has 0 fully saturated rings. The molecule has 25 heavy (non-hydrogen) atoms. The van der Waals surface area contributed by atoms with Gasteiger partial charge in [0.05, 0.1) is 39.8 Å². The summed E-state index contributed by atoms with van der Waals surface area (Å²) in [7, 11) is 1.04. The van der Waals surface area contributed by atoms with Gasteiger partial charge >= 0.3 is 24.1 Å². The summed E-state index contributed by atoms with van der Waals surface area (Å²) in [6, 6.07) is 0. The van der Waals surface area contributed by atoms with Gasteiger partial charge in [-0.2, -0.15) is 0 Å². The van der Waals surface area contributed by atoms with Crippen LogP contribution in [0.1, 0.15) is 46.5 Å². The number of unbranched alkanes of at least 4 members (excludes halogenated alkanes) is 1. The Labute approximate surface area is 146 Å². The molecule has 0 N–H and O–H groups in total. The first kappa shape index (κ1) is 22.7. The van der Waals surface area contributed by atoms with Gasteiger partial charge in [0.2, 0.25) is 5.60 Å². The van der Waals surface area contributed by atoms with E-state index in [1.165, 1.54) is 0 Å². The molecule has 0 amide bonds. The molecule has 0 atom stereocenters. The second kappa shape index (κ2) is 12.1. The van der Waals surface area contributed by atoms with E-state index in [9.17, 15) is 19.2 Å². The van der Waals surface area contributed by atoms with Crippen LogP contribution in [-0.2, 0) is 38.1 Å². The van der Waals surface area contributed by atoms with Crippen LogP contribution < -0.4 is 0 Å². The smallest absolute Gasteiger partial charge is 0.466 e. The lowest BCUT2D eigenvalue weighted by Crippen LogP contribution is -2.48. The molecule has 0 aliphatic rings. The van der Waals surface area contributed by atoms with Crippen molar-refractivity contribution in [3.63, 3.8) is 0 Å². The van der Waals surface area contributed by atoms with Gasteiger partial charge in [-0.3, -0.25) is 9.59 Å². The van der Waals surface area contributed by atoms with Crippen LogP contribution in [0.5, 0.6) is 0 Å². The van der Waals surface area contributed by atoms with Crippen LogP contribution in [0.15, 0.2) is 0 Å². The zero-order chi connectivity index (χ0) is 19.3. The topological polar surface area (TPSA) is 114 Å². The molecular formula is C16H26O9. The van der Waals surface area contributed by atoms with E-state index in [4.69, 9.17) is 18.9 Å². The molecule has 0 aromatic carbocycles. The second-order valence-corrected chi connectivity index (χ2v) is 5.00. The molecule has 9 heteroatoms. The van der Waals surface area contributed by atoms with Gasteiger partial charge < -0.3 is 23.7 Å². The summed E-state index contributed by atoms with van der Waals surface area (Å²) in [6.07, 6.45) is -1.21. The normalized spacial score (nSPS) is 10.6. The number of hydrogen-bond donors (Lipinski definition) is 0. The maximum absolute atomic E-state index is 12.2. The number of esters is 3. The number of rotatable bonds is 11. The van der Waals surface area contributed by atoms with Crippen LogP contribution in [0.3, 0.4) is 0 Å². The third-order valence-corrected chi connectivity index (χ3v) is 3.02. The van der Waals surface area contributed by atoms with Crippen molar-refractivity contribution in [1.82, 2.24) is 0 Å². The van der Waals surface area contributed by atoms with Crippen molar-refractivity contribution in [3.8, 4) is 0 Å². The summed E-state index contributed by atoms with van der Waals surface area (Å²) in [5.41, 5.74) is -2.21.